The Morgan fingerprint density at radius 3 is 2.21 bits per heavy atom. The van der Waals surface area contributed by atoms with Crippen molar-refractivity contribution in [2.45, 2.75) is 37.4 Å². The Kier molecular flexibility index (Phi) is 5.79. The molecule has 0 bridgehead atoms. The Bertz CT molecular complexity index is 770. The van der Waals surface area contributed by atoms with Crippen molar-refractivity contribution in [1.29, 1.82) is 0 Å². The van der Waals surface area contributed by atoms with Crippen molar-refractivity contribution in [2.75, 3.05) is 33.2 Å². The van der Waals surface area contributed by atoms with Gasteiger partial charge in [0.1, 0.15) is 6.10 Å². The zero-order valence-electron chi connectivity index (χ0n) is 16.7. The highest BCUT2D eigenvalue weighted by atomic mass is 16.5. The minimum absolute atomic E-state index is 0.112. The topological polar surface area (TPSA) is 32.8 Å². The van der Waals surface area contributed by atoms with Gasteiger partial charge in [-0.15, -0.1) is 0 Å². The van der Waals surface area contributed by atoms with Gasteiger partial charge in [-0.3, -0.25) is 4.79 Å². The molecule has 4 rings (SSSR count). The van der Waals surface area contributed by atoms with Crippen molar-refractivity contribution in [3.05, 3.63) is 71.8 Å². The number of carbonyl (C=O) groups excluding carboxylic acids is 1. The van der Waals surface area contributed by atoms with Crippen LogP contribution in [0, 0.1) is 0 Å². The van der Waals surface area contributed by atoms with Gasteiger partial charge in [-0.2, -0.15) is 0 Å². The molecule has 0 radical (unpaired) electrons. The number of amides is 1. The van der Waals surface area contributed by atoms with E-state index in [1.165, 1.54) is 5.56 Å². The number of benzene rings is 2. The number of carbonyl (C=O) groups is 1. The number of likely N-dealkylation sites (tertiary alicyclic amines) is 1. The summed E-state index contributed by atoms with van der Waals surface area (Å²) < 4.78 is 6.49. The van der Waals surface area contributed by atoms with Gasteiger partial charge >= 0.3 is 0 Å². The monoisotopic (exact) mass is 378 g/mol. The molecular weight excluding hydrogens is 348 g/mol. The lowest BCUT2D eigenvalue weighted by molar-refractivity contribution is -0.189. The van der Waals surface area contributed by atoms with E-state index >= 15 is 0 Å². The molecule has 0 N–H and O–H groups in total. The second kappa shape index (κ2) is 8.46. The van der Waals surface area contributed by atoms with E-state index in [0.29, 0.717) is 13.0 Å². The van der Waals surface area contributed by atoms with Crippen LogP contribution < -0.4 is 0 Å². The van der Waals surface area contributed by atoms with Gasteiger partial charge in [0.25, 0.3) is 5.91 Å². The van der Waals surface area contributed by atoms with Crippen LogP contribution in [0.1, 0.15) is 24.0 Å². The first-order valence-electron chi connectivity index (χ1n) is 10.4. The molecule has 2 aromatic rings. The third-order valence-electron chi connectivity index (χ3n) is 6.16. The number of rotatable bonds is 5. The summed E-state index contributed by atoms with van der Waals surface area (Å²) in [6.45, 7) is 3.87. The lowest BCUT2D eigenvalue weighted by Crippen LogP contribution is -2.61. The number of piperidine rings is 1. The fraction of sp³-hybridized carbons (Fsp3) is 0.458. The molecule has 4 nitrogen and oxygen atoms in total. The van der Waals surface area contributed by atoms with E-state index in [1.807, 2.05) is 30.1 Å². The molecule has 148 valence electrons. The summed E-state index contributed by atoms with van der Waals surface area (Å²) in [5.74, 6) is 0.112. The van der Waals surface area contributed by atoms with Gasteiger partial charge in [-0.25, -0.2) is 0 Å². The molecule has 1 spiro atoms. The quantitative estimate of drug-likeness (QED) is 0.801. The van der Waals surface area contributed by atoms with Gasteiger partial charge in [-0.05, 0) is 30.4 Å². The van der Waals surface area contributed by atoms with Crippen LogP contribution in [0.2, 0.25) is 0 Å². The van der Waals surface area contributed by atoms with Gasteiger partial charge in [0, 0.05) is 39.6 Å². The molecule has 2 aliphatic heterocycles. The van der Waals surface area contributed by atoms with Crippen LogP contribution in [0.25, 0.3) is 0 Å². The molecule has 2 heterocycles. The van der Waals surface area contributed by atoms with Crippen molar-refractivity contribution < 1.29 is 9.53 Å². The molecule has 2 aromatic carbocycles. The lowest BCUT2D eigenvalue weighted by Gasteiger charge is -2.48. The number of hydrogen-bond donors (Lipinski definition) is 0. The summed E-state index contributed by atoms with van der Waals surface area (Å²) in [5, 5.41) is 0. The molecule has 2 saturated heterocycles. The van der Waals surface area contributed by atoms with E-state index in [-0.39, 0.29) is 17.6 Å². The van der Waals surface area contributed by atoms with Gasteiger partial charge in [0.05, 0.1) is 5.60 Å². The first-order valence-corrected chi connectivity index (χ1v) is 10.4. The van der Waals surface area contributed by atoms with Crippen molar-refractivity contribution in [3.63, 3.8) is 0 Å². The van der Waals surface area contributed by atoms with Gasteiger partial charge in [0.15, 0.2) is 0 Å². The van der Waals surface area contributed by atoms with Crippen molar-refractivity contribution in [1.82, 2.24) is 9.80 Å². The highest BCUT2D eigenvalue weighted by Gasteiger charge is 2.45. The Balaban J connectivity index is 1.35. The normalized spacial score (nSPS) is 22.5. The van der Waals surface area contributed by atoms with Crippen LogP contribution in [0.15, 0.2) is 60.7 Å². The van der Waals surface area contributed by atoms with E-state index in [2.05, 4.69) is 47.4 Å². The minimum atomic E-state index is -0.364. The van der Waals surface area contributed by atoms with E-state index in [0.717, 1.165) is 44.5 Å². The van der Waals surface area contributed by atoms with Crippen LogP contribution in [-0.4, -0.2) is 60.6 Å². The highest BCUT2D eigenvalue weighted by molar-refractivity contribution is 5.82. The molecule has 1 amide bonds. The molecule has 2 aliphatic rings. The fourth-order valence-electron chi connectivity index (χ4n) is 4.49. The minimum Gasteiger partial charge on any atom is -0.360 e. The molecular formula is C24H30N2O2. The molecule has 0 saturated carbocycles. The molecule has 4 heteroatoms. The molecule has 2 fully saturated rings. The van der Waals surface area contributed by atoms with Gasteiger partial charge < -0.3 is 14.5 Å². The van der Waals surface area contributed by atoms with Crippen molar-refractivity contribution in [3.8, 4) is 0 Å². The molecule has 0 aromatic heterocycles. The molecule has 1 atom stereocenters. The summed E-state index contributed by atoms with van der Waals surface area (Å²) in [6, 6.07) is 20.9. The smallest absolute Gasteiger partial charge is 0.251 e. The molecule has 28 heavy (non-hydrogen) atoms. The van der Waals surface area contributed by atoms with E-state index in [4.69, 9.17) is 4.74 Å². The Morgan fingerprint density at radius 2 is 1.57 bits per heavy atom. The third-order valence-corrected chi connectivity index (χ3v) is 6.16. The molecule has 0 unspecified atom stereocenters. The predicted molar refractivity (Wildman–Crippen MR) is 111 cm³/mol. The zero-order valence-corrected chi connectivity index (χ0v) is 16.7. The average Bonchev–Trinajstić information content (AvgIpc) is 2.73. The Morgan fingerprint density at radius 1 is 0.964 bits per heavy atom. The second-order valence-electron chi connectivity index (χ2n) is 8.25. The van der Waals surface area contributed by atoms with E-state index < -0.39 is 0 Å². The van der Waals surface area contributed by atoms with Crippen LogP contribution in [0.3, 0.4) is 0 Å². The summed E-state index contributed by atoms with van der Waals surface area (Å²) in [7, 11) is 1.92. The van der Waals surface area contributed by atoms with Gasteiger partial charge in [0.2, 0.25) is 0 Å². The number of hydrogen-bond acceptors (Lipinski definition) is 3. The van der Waals surface area contributed by atoms with Gasteiger partial charge in [-0.1, -0.05) is 60.7 Å². The second-order valence-corrected chi connectivity index (χ2v) is 8.25. The number of nitrogens with zero attached hydrogens (tertiary/aromatic N) is 2. The maximum absolute atomic E-state index is 12.7. The SMILES string of the molecule is CN1CC2(CCN(CCc3ccccc3)CC2)O[C@H](Cc2ccccc2)C1=O. The van der Waals surface area contributed by atoms with Crippen LogP contribution in [-0.2, 0) is 22.4 Å². The number of morpholine rings is 1. The maximum Gasteiger partial charge on any atom is 0.251 e. The Labute approximate surface area is 168 Å². The van der Waals surface area contributed by atoms with E-state index in [1.54, 1.807) is 0 Å². The first-order chi connectivity index (χ1) is 13.6. The zero-order chi connectivity index (χ0) is 19.4. The predicted octanol–water partition coefficient (Wildman–Crippen LogP) is 3.16. The summed E-state index contributed by atoms with van der Waals surface area (Å²) in [5.41, 5.74) is 2.36. The Hall–Kier alpha value is -2.17. The standard InChI is InChI=1S/C24H30N2O2/c1-25-19-24(28-22(23(25)27)18-21-10-6-3-7-11-21)13-16-26(17-14-24)15-12-20-8-4-2-5-9-20/h2-11,22H,12-19H2,1H3/t22-/m1/s1. The third kappa shape index (κ3) is 4.45. The van der Waals surface area contributed by atoms with Crippen molar-refractivity contribution >= 4 is 5.91 Å². The molecule has 0 aliphatic carbocycles. The number of ether oxygens (including phenoxy) is 1. The lowest BCUT2D eigenvalue weighted by atomic mass is 9.87. The summed E-state index contributed by atoms with van der Waals surface area (Å²) in [6.07, 6.45) is 3.36. The van der Waals surface area contributed by atoms with Crippen LogP contribution in [0.5, 0.6) is 0 Å². The van der Waals surface area contributed by atoms with Crippen molar-refractivity contribution in [2.24, 2.45) is 0 Å². The average molecular weight is 379 g/mol. The summed E-state index contributed by atoms with van der Waals surface area (Å²) in [4.78, 5) is 17.1. The fourth-order valence-corrected chi connectivity index (χ4v) is 4.49. The summed E-state index contributed by atoms with van der Waals surface area (Å²) >= 11 is 0. The van der Waals surface area contributed by atoms with Crippen LogP contribution >= 0.6 is 0 Å². The largest absolute Gasteiger partial charge is 0.360 e. The number of likely N-dealkylation sites (N-methyl/N-ethyl adjacent to an activating group) is 1. The highest BCUT2D eigenvalue weighted by Crippen LogP contribution is 2.33. The maximum atomic E-state index is 12.7. The first kappa shape index (κ1) is 19.2. The van der Waals surface area contributed by atoms with Crippen LogP contribution in [0.4, 0.5) is 0 Å². The van der Waals surface area contributed by atoms with E-state index in [9.17, 15) is 4.79 Å².